The molecule has 0 bridgehead atoms. The van der Waals surface area contributed by atoms with Gasteiger partial charge in [0.1, 0.15) is 12.8 Å². The van der Waals surface area contributed by atoms with Gasteiger partial charge in [-0.15, -0.1) is 0 Å². The summed E-state index contributed by atoms with van der Waals surface area (Å²) in [7, 11) is 0. The topological polar surface area (TPSA) is 107 Å². The summed E-state index contributed by atoms with van der Waals surface area (Å²) >= 11 is 0. The van der Waals surface area contributed by atoms with Crippen LogP contribution in [0.2, 0.25) is 0 Å². The molecule has 4 aliphatic carbocycles. The molecule has 9 atom stereocenters. The fraction of sp³-hybridized carbons (Fsp3) is 0.567. The van der Waals surface area contributed by atoms with E-state index >= 15 is 8.78 Å². The maximum atomic E-state index is 17.4. The molecule has 1 saturated heterocycles. The largest absolute Gasteiger partial charge is 0.390 e. The molecule has 0 radical (unpaired) electrons. The highest BCUT2D eigenvalue weighted by Gasteiger charge is 2.78. The van der Waals surface area contributed by atoms with Crippen molar-refractivity contribution in [3.8, 4) is 0 Å². The third-order valence-electron chi connectivity index (χ3n) is 11.1. The number of carbonyl (C=O) groups is 3. The number of nitrogens with zero attached hydrogens (tertiary/aromatic N) is 1. The number of carbonyl (C=O) groups excluding carboxylic acids is 3. The third-order valence-corrected chi connectivity index (χ3v) is 11.1. The van der Waals surface area contributed by atoms with Crippen LogP contribution < -0.4 is 5.32 Å². The first-order chi connectivity index (χ1) is 18.4. The third kappa shape index (κ3) is 3.23. The van der Waals surface area contributed by atoms with Crippen LogP contribution in [0.3, 0.4) is 0 Å². The molecule has 1 aromatic carbocycles. The van der Waals surface area contributed by atoms with Gasteiger partial charge in [-0.25, -0.2) is 13.6 Å². The zero-order valence-corrected chi connectivity index (χ0v) is 22.1. The minimum absolute atomic E-state index is 0.0251. The number of hydrogen-bond acceptors (Lipinski definition) is 5. The van der Waals surface area contributed by atoms with Gasteiger partial charge in [0.2, 0.25) is 0 Å². The van der Waals surface area contributed by atoms with Gasteiger partial charge in [-0.3, -0.25) is 9.59 Å². The molecule has 39 heavy (non-hydrogen) atoms. The lowest BCUT2D eigenvalue weighted by atomic mass is 9.43. The van der Waals surface area contributed by atoms with Gasteiger partial charge in [0.25, 0.3) is 0 Å². The van der Waals surface area contributed by atoms with E-state index in [0.717, 1.165) is 6.08 Å². The van der Waals surface area contributed by atoms with Crippen LogP contribution in [-0.2, 0) is 9.59 Å². The number of allylic oxidation sites excluding steroid dienone is 4. The van der Waals surface area contributed by atoms with Crippen molar-refractivity contribution in [3.05, 3.63) is 54.1 Å². The number of aliphatic hydroxyl groups excluding tert-OH is 2. The lowest BCUT2D eigenvalue weighted by molar-refractivity contribution is -0.211. The molecule has 1 aliphatic heterocycles. The van der Waals surface area contributed by atoms with Gasteiger partial charge in [0, 0.05) is 30.1 Å². The summed E-state index contributed by atoms with van der Waals surface area (Å²) in [5.74, 6) is -2.60. The van der Waals surface area contributed by atoms with Crippen molar-refractivity contribution in [2.24, 2.45) is 34.0 Å². The van der Waals surface area contributed by atoms with Gasteiger partial charge in [-0.05, 0) is 73.3 Å². The molecule has 1 heterocycles. The van der Waals surface area contributed by atoms with Gasteiger partial charge in [-0.2, -0.15) is 0 Å². The standard InChI is InChI=1S/C30H34F2N2O5/c1-27-9-8-19(36)11-22(27)23(31)12-21-20-10-17-14-34(26(39)33-18-6-4-3-5-7-18)16-29(17,25(38)15-35)28(20,2)13-24(37)30(21,27)32/h3-9,11,17,20-21,23-24,35,37H,10,12-16H2,1-2H3,(H,33,39). The fourth-order valence-corrected chi connectivity index (χ4v) is 9.30. The van der Waals surface area contributed by atoms with Crippen molar-refractivity contribution in [1.29, 1.82) is 0 Å². The van der Waals surface area contributed by atoms with E-state index in [1.54, 1.807) is 36.1 Å². The molecule has 0 aromatic heterocycles. The number of hydrogen-bond donors (Lipinski definition) is 3. The normalized spacial score (nSPS) is 44.2. The van der Waals surface area contributed by atoms with Gasteiger partial charge in [0.15, 0.2) is 17.2 Å². The summed E-state index contributed by atoms with van der Waals surface area (Å²) in [6, 6.07) is 8.56. The lowest BCUT2D eigenvalue weighted by Gasteiger charge is -2.63. The highest BCUT2D eigenvalue weighted by atomic mass is 19.1. The summed E-state index contributed by atoms with van der Waals surface area (Å²) in [5, 5.41) is 24.5. The Kier molecular flexibility index (Phi) is 5.77. The monoisotopic (exact) mass is 540 g/mol. The molecule has 208 valence electrons. The van der Waals surface area contributed by atoms with E-state index in [1.165, 1.54) is 12.2 Å². The van der Waals surface area contributed by atoms with Crippen LogP contribution in [0.4, 0.5) is 19.3 Å². The molecule has 9 heteroatoms. The van der Waals surface area contributed by atoms with Crippen LogP contribution in [-0.4, -0.2) is 70.4 Å². The number of nitrogens with one attached hydrogen (secondary N) is 1. The van der Waals surface area contributed by atoms with E-state index < -0.39 is 64.2 Å². The van der Waals surface area contributed by atoms with E-state index in [1.807, 2.05) is 13.0 Å². The molecule has 3 saturated carbocycles. The highest BCUT2D eigenvalue weighted by molar-refractivity contribution is 6.01. The number of rotatable bonds is 3. The number of Topliss-reactive ketones (excluding diaryl/α,β-unsaturated/α-hetero) is 1. The number of likely N-dealkylation sites (tertiary alicyclic amines) is 1. The Morgan fingerprint density at radius 3 is 2.56 bits per heavy atom. The van der Waals surface area contributed by atoms with Crippen molar-refractivity contribution < 1.29 is 33.4 Å². The number of amides is 2. The van der Waals surface area contributed by atoms with Crippen LogP contribution in [0.15, 0.2) is 54.1 Å². The molecule has 9 unspecified atom stereocenters. The number of fused-ring (bicyclic) bond motifs is 7. The first-order valence-electron chi connectivity index (χ1n) is 13.6. The number of benzene rings is 1. The van der Waals surface area contributed by atoms with E-state index in [9.17, 15) is 24.6 Å². The average Bonchev–Trinajstić information content (AvgIpc) is 3.41. The number of alkyl halides is 2. The van der Waals surface area contributed by atoms with Crippen molar-refractivity contribution in [3.63, 3.8) is 0 Å². The fourth-order valence-electron chi connectivity index (χ4n) is 9.30. The Labute approximate surface area is 225 Å². The molecule has 2 amide bonds. The minimum Gasteiger partial charge on any atom is -0.390 e. The smallest absolute Gasteiger partial charge is 0.321 e. The summed E-state index contributed by atoms with van der Waals surface area (Å²) in [6.07, 6.45) is 0.769. The number of urea groups is 1. The van der Waals surface area contributed by atoms with Gasteiger partial charge >= 0.3 is 6.03 Å². The molecule has 1 aromatic rings. The molecule has 6 rings (SSSR count). The van der Waals surface area contributed by atoms with Crippen molar-refractivity contribution in [2.75, 3.05) is 25.0 Å². The second kappa shape index (κ2) is 8.54. The first-order valence-corrected chi connectivity index (χ1v) is 13.6. The second-order valence-corrected chi connectivity index (χ2v) is 12.5. The Morgan fingerprint density at radius 2 is 1.87 bits per heavy atom. The van der Waals surface area contributed by atoms with E-state index in [-0.39, 0.29) is 43.5 Å². The quantitative estimate of drug-likeness (QED) is 0.543. The summed E-state index contributed by atoms with van der Waals surface area (Å²) in [5.41, 5.74) is -5.27. The van der Waals surface area contributed by atoms with Crippen molar-refractivity contribution in [2.45, 2.75) is 51.1 Å². The molecule has 3 N–H and O–H groups in total. The Balaban J connectivity index is 1.38. The Hall–Kier alpha value is -2.91. The van der Waals surface area contributed by atoms with E-state index in [4.69, 9.17) is 0 Å². The Bertz CT molecular complexity index is 1300. The summed E-state index contributed by atoms with van der Waals surface area (Å²) in [4.78, 5) is 40.5. The summed E-state index contributed by atoms with van der Waals surface area (Å²) < 4.78 is 33.1. The first kappa shape index (κ1) is 26.3. The second-order valence-electron chi connectivity index (χ2n) is 12.5. The predicted octanol–water partition coefficient (Wildman–Crippen LogP) is 3.63. The van der Waals surface area contributed by atoms with Crippen LogP contribution >= 0.6 is 0 Å². The SMILES string of the molecule is CC12C=CC(=O)C=C1C(F)CC1C3CC4CN(C(=O)Nc5ccccc5)CC4(C(=O)CO)C3(C)CC(O)C12F. The predicted molar refractivity (Wildman–Crippen MR) is 139 cm³/mol. The van der Waals surface area contributed by atoms with E-state index in [2.05, 4.69) is 5.32 Å². The zero-order chi connectivity index (χ0) is 28.0. The molecular weight excluding hydrogens is 506 g/mol. The van der Waals surface area contributed by atoms with Crippen molar-refractivity contribution >= 4 is 23.3 Å². The zero-order valence-electron chi connectivity index (χ0n) is 22.1. The lowest BCUT2D eigenvalue weighted by Crippen LogP contribution is -2.69. The highest BCUT2D eigenvalue weighted by Crippen LogP contribution is 2.74. The van der Waals surface area contributed by atoms with Crippen LogP contribution in [0.25, 0.3) is 0 Å². The molecular formula is C30H34F2N2O5. The molecule has 4 fully saturated rings. The number of anilines is 1. The minimum atomic E-state index is -2.24. The number of aliphatic hydroxyl groups is 2. The van der Waals surface area contributed by atoms with Gasteiger partial charge in [-0.1, -0.05) is 31.2 Å². The molecule has 0 spiro atoms. The van der Waals surface area contributed by atoms with Gasteiger partial charge in [0.05, 0.1) is 11.5 Å². The van der Waals surface area contributed by atoms with Gasteiger partial charge < -0.3 is 20.4 Å². The maximum Gasteiger partial charge on any atom is 0.321 e. The number of ketones is 2. The van der Waals surface area contributed by atoms with Crippen LogP contribution in [0, 0.1) is 34.0 Å². The molecule has 7 nitrogen and oxygen atoms in total. The number of para-hydroxylation sites is 1. The Morgan fingerprint density at radius 1 is 1.15 bits per heavy atom. The van der Waals surface area contributed by atoms with Crippen LogP contribution in [0.1, 0.15) is 33.1 Å². The molecule has 5 aliphatic rings. The van der Waals surface area contributed by atoms with E-state index in [0.29, 0.717) is 12.1 Å². The maximum absolute atomic E-state index is 17.4. The number of halogens is 2. The van der Waals surface area contributed by atoms with Crippen molar-refractivity contribution in [1.82, 2.24) is 4.90 Å². The summed E-state index contributed by atoms with van der Waals surface area (Å²) in [6.45, 7) is 2.90. The van der Waals surface area contributed by atoms with Crippen LogP contribution in [0.5, 0.6) is 0 Å². The average molecular weight is 541 g/mol.